The number of nitrogens with one attached hydrogen (secondary N) is 2. The maximum atomic E-state index is 12.6. The number of hydrogen-bond donors (Lipinski definition) is 2. The van der Waals surface area contributed by atoms with Gasteiger partial charge in [-0.05, 0) is 55.3 Å². The molecule has 138 valence electrons. The number of benzene rings is 2. The Kier molecular flexibility index (Phi) is 5.07. The Balaban J connectivity index is 1.82. The Labute approximate surface area is 158 Å². The van der Waals surface area contributed by atoms with Crippen molar-refractivity contribution in [2.45, 2.75) is 20.8 Å². The molecule has 0 atom stereocenters. The summed E-state index contributed by atoms with van der Waals surface area (Å²) >= 11 is 0. The van der Waals surface area contributed by atoms with Crippen molar-refractivity contribution in [1.29, 1.82) is 0 Å². The second-order valence-electron chi connectivity index (χ2n) is 6.55. The normalized spacial score (nSPS) is 10.5. The molecule has 6 nitrogen and oxygen atoms in total. The van der Waals surface area contributed by atoms with E-state index in [9.17, 15) is 9.59 Å². The molecule has 2 N–H and O–H groups in total. The minimum atomic E-state index is -0.305. The van der Waals surface area contributed by atoms with E-state index in [0.717, 1.165) is 11.3 Å². The van der Waals surface area contributed by atoms with Gasteiger partial charge in [-0.25, -0.2) is 0 Å². The van der Waals surface area contributed by atoms with Gasteiger partial charge in [0.15, 0.2) is 5.69 Å². The van der Waals surface area contributed by atoms with E-state index < -0.39 is 0 Å². The van der Waals surface area contributed by atoms with Gasteiger partial charge in [0.2, 0.25) is 5.91 Å². The van der Waals surface area contributed by atoms with Gasteiger partial charge in [0.05, 0.1) is 5.69 Å². The Morgan fingerprint density at radius 1 is 0.926 bits per heavy atom. The summed E-state index contributed by atoms with van der Waals surface area (Å²) < 4.78 is 1.70. The summed E-state index contributed by atoms with van der Waals surface area (Å²) in [6, 6.07) is 14.9. The number of amides is 2. The van der Waals surface area contributed by atoms with Crippen molar-refractivity contribution in [2.75, 3.05) is 10.6 Å². The number of carbonyl (C=O) groups is 2. The summed E-state index contributed by atoms with van der Waals surface area (Å²) in [5.41, 5.74) is 5.83. The van der Waals surface area contributed by atoms with Crippen molar-refractivity contribution in [3.8, 4) is 11.3 Å². The van der Waals surface area contributed by atoms with Gasteiger partial charge in [0.1, 0.15) is 0 Å². The van der Waals surface area contributed by atoms with Crippen LogP contribution in [0, 0.1) is 13.8 Å². The molecule has 2 amide bonds. The molecule has 0 aliphatic heterocycles. The van der Waals surface area contributed by atoms with E-state index in [-0.39, 0.29) is 11.8 Å². The van der Waals surface area contributed by atoms with Crippen molar-refractivity contribution >= 4 is 23.2 Å². The molecule has 3 aromatic rings. The molecule has 0 fully saturated rings. The van der Waals surface area contributed by atoms with Crippen LogP contribution in [0.3, 0.4) is 0 Å². The highest BCUT2D eigenvalue weighted by molar-refractivity contribution is 6.04. The lowest BCUT2D eigenvalue weighted by Crippen LogP contribution is -2.13. The van der Waals surface area contributed by atoms with Gasteiger partial charge in [-0.2, -0.15) is 5.10 Å². The first-order valence-corrected chi connectivity index (χ1v) is 8.64. The third-order valence-electron chi connectivity index (χ3n) is 4.36. The first-order chi connectivity index (χ1) is 12.8. The zero-order valence-electron chi connectivity index (χ0n) is 15.8. The van der Waals surface area contributed by atoms with Crippen molar-refractivity contribution < 1.29 is 9.59 Å². The van der Waals surface area contributed by atoms with Crippen molar-refractivity contribution in [2.24, 2.45) is 7.05 Å². The summed E-state index contributed by atoms with van der Waals surface area (Å²) in [5, 5.41) is 9.85. The van der Waals surface area contributed by atoms with E-state index in [0.29, 0.717) is 17.1 Å². The lowest BCUT2D eigenvalue weighted by molar-refractivity contribution is -0.114. The fourth-order valence-electron chi connectivity index (χ4n) is 2.82. The van der Waals surface area contributed by atoms with Gasteiger partial charge in [0.25, 0.3) is 5.91 Å². The van der Waals surface area contributed by atoms with E-state index in [4.69, 9.17) is 0 Å². The molecule has 0 radical (unpaired) electrons. The van der Waals surface area contributed by atoms with Gasteiger partial charge >= 0.3 is 0 Å². The minimum Gasteiger partial charge on any atom is -0.326 e. The molecule has 0 saturated heterocycles. The number of rotatable bonds is 4. The van der Waals surface area contributed by atoms with E-state index in [1.807, 2.05) is 13.1 Å². The second kappa shape index (κ2) is 7.45. The first kappa shape index (κ1) is 18.4. The van der Waals surface area contributed by atoms with Crippen LogP contribution >= 0.6 is 0 Å². The lowest BCUT2D eigenvalue weighted by Gasteiger charge is -2.06. The molecule has 0 unspecified atom stereocenters. The molecule has 0 bridgehead atoms. The Morgan fingerprint density at radius 3 is 2.30 bits per heavy atom. The predicted octanol–water partition coefficient (Wildman–Crippen LogP) is 3.91. The van der Waals surface area contributed by atoms with Crippen LogP contribution in [0.2, 0.25) is 0 Å². The van der Waals surface area contributed by atoms with E-state index in [1.165, 1.54) is 18.1 Å². The van der Waals surface area contributed by atoms with Crippen LogP contribution in [0.5, 0.6) is 0 Å². The zero-order valence-corrected chi connectivity index (χ0v) is 15.8. The van der Waals surface area contributed by atoms with Crippen LogP contribution in [-0.2, 0) is 11.8 Å². The van der Waals surface area contributed by atoms with Crippen LogP contribution in [0.1, 0.15) is 28.5 Å². The SMILES string of the molecule is CC(=O)Nc1cccc(NC(=O)c2cc(-c3ccc(C)c(C)c3)n(C)n2)c1. The maximum Gasteiger partial charge on any atom is 0.276 e. The highest BCUT2D eigenvalue weighted by Gasteiger charge is 2.15. The molecule has 0 saturated carbocycles. The fourth-order valence-corrected chi connectivity index (χ4v) is 2.82. The molecule has 0 aliphatic carbocycles. The summed E-state index contributed by atoms with van der Waals surface area (Å²) in [6.45, 7) is 5.56. The minimum absolute atomic E-state index is 0.166. The Morgan fingerprint density at radius 2 is 1.63 bits per heavy atom. The first-order valence-electron chi connectivity index (χ1n) is 8.64. The predicted molar refractivity (Wildman–Crippen MR) is 107 cm³/mol. The Bertz CT molecular complexity index is 1020. The highest BCUT2D eigenvalue weighted by atomic mass is 16.2. The summed E-state index contributed by atoms with van der Waals surface area (Å²) in [6.07, 6.45) is 0. The number of nitrogens with zero attached hydrogens (tertiary/aromatic N) is 2. The van der Waals surface area contributed by atoms with Crippen LogP contribution in [0.4, 0.5) is 11.4 Å². The number of aromatic nitrogens is 2. The monoisotopic (exact) mass is 362 g/mol. The molecular weight excluding hydrogens is 340 g/mol. The largest absolute Gasteiger partial charge is 0.326 e. The van der Waals surface area contributed by atoms with Crippen LogP contribution < -0.4 is 10.6 Å². The van der Waals surface area contributed by atoms with Gasteiger partial charge in [-0.3, -0.25) is 14.3 Å². The maximum absolute atomic E-state index is 12.6. The molecule has 1 heterocycles. The topological polar surface area (TPSA) is 76.0 Å². The summed E-state index contributed by atoms with van der Waals surface area (Å²) in [5.74, 6) is -0.470. The summed E-state index contributed by atoms with van der Waals surface area (Å²) in [7, 11) is 1.82. The molecular formula is C21H22N4O2. The number of hydrogen-bond acceptors (Lipinski definition) is 3. The van der Waals surface area contributed by atoms with Gasteiger partial charge in [-0.1, -0.05) is 18.2 Å². The average molecular weight is 362 g/mol. The van der Waals surface area contributed by atoms with Crippen molar-refractivity contribution in [3.05, 3.63) is 65.4 Å². The Hall–Kier alpha value is -3.41. The third-order valence-corrected chi connectivity index (χ3v) is 4.36. The van der Waals surface area contributed by atoms with Gasteiger partial charge in [-0.15, -0.1) is 0 Å². The molecule has 6 heteroatoms. The number of anilines is 2. The standard InChI is InChI=1S/C21H22N4O2/c1-13-8-9-16(10-14(13)2)20-12-19(24-25(20)4)21(27)23-18-7-5-6-17(11-18)22-15(3)26/h5-12H,1-4H3,(H,22,26)(H,23,27). The quantitative estimate of drug-likeness (QED) is 0.739. The van der Waals surface area contributed by atoms with Crippen molar-refractivity contribution in [1.82, 2.24) is 9.78 Å². The average Bonchev–Trinajstić information content (AvgIpc) is 2.99. The van der Waals surface area contributed by atoms with Crippen LogP contribution in [0.15, 0.2) is 48.5 Å². The van der Waals surface area contributed by atoms with E-state index >= 15 is 0 Å². The van der Waals surface area contributed by atoms with Gasteiger partial charge < -0.3 is 10.6 Å². The van der Waals surface area contributed by atoms with Crippen molar-refractivity contribution in [3.63, 3.8) is 0 Å². The van der Waals surface area contributed by atoms with Crippen LogP contribution in [0.25, 0.3) is 11.3 Å². The van der Waals surface area contributed by atoms with E-state index in [2.05, 4.69) is 41.7 Å². The smallest absolute Gasteiger partial charge is 0.276 e. The molecule has 2 aromatic carbocycles. The third kappa shape index (κ3) is 4.23. The van der Waals surface area contributed by atoms with Crippen LogP contribution in [-0.4, -0.2) is 21.6 Å². The van der Waals surface area contributed by atoms with E-state index in [1.54, 1.807) is 35.0 Å². The summed E-state index contributed by atoms with van der Waals surface area (Å²) in [4.78, 5) is 23.8. The highest BCUT2D eigenvalue weighted by Crippen LogP contribution is 2.23. The molecule has 3 rings (SSSR count). The van der Waals surface area contributed by atoms with Gasteiger partial charge in [0, 0.05) is 30.9 Å². The molecule has 1 aromatic heterocycles. The molecule has 0 spiro atoms. The number of carbonyl (C=O) groups excluding carboxylic acids is 2. The lowest BCUT2D eigenvalue weighted by atomic mass is 10.0. The molecule has 27 heavy (non-hydrogen) atoms. The fraction of sp³-hybridized carbons (Fsp3) is 0.190. The number of aryl methyl sites for hydroxylation is 3. The second-order valence-corrected chi connectivity index (χ2v) is 6.55. The molecule has 0 aliphatic rings. The zero-order chi connectivity index (χ0) is 19.6.